The lowest BCUT2D eigenvalue weighted by Gasteiger charge is -2.18. The summed E-state index contributed by atoms with van der Waals surface area (Å²) in [5, 5.41) is 0. The number of likely N-dealkylation sites (N-methyl/N-ethyl adjacent to an activating group) is 1. The molecule has 1 heterocycles. The average molecular weight is 165 g/mol. The lowest BCUT2D eigenvalue weighted by molar-refractivity contribution is -0.138. The Morgan fingerprint density at radius 3 is 2.82 bits per heavy atom. The highest BCUT2D eigenvalue weighted by Crippen LogP contribution is 2.15. The molecule has 1 atom stereocenters. The summed E-state index contributed by atoms with van der Waals surface area (Å²) in [6.45, 7) is -1.46. The fraction of sp³-hybridized carbons (Fsp3) is 1.00. The molecule has 0 spiro atoms. The zero-order valence-electron chi connectivity index (χ0n) is 6.59. The molecule has 66 valence electrons. The Morgan fingerprint density at radius 1 is 1.64 bits per heavy atom. The Balaban J connectivity index is 2.15. The number of alkyl halides is 2. The highest BCUT2D eigenvalue weighted by molar-refractivity contribution is 4.75. The van der Waals surface area contributed by atoms with Crippen molar-refractivity contribution in [3.8, 4) is 0 Å². The van der Waals surface area contributed by atoms with E-state index in [1.165, 1.54) is 0 Å². The summed E-state index contributed by atoms with van der Waals surface area (Å²) in [6.07, 6.45) is 2.07. The first-order chi connectivity index (χ1) is 5.20. The van der Waals surface area contributed by atoms with E-state index < -0.39 is 6.61 Å². The number of hydrogen-bond donors (Lipinski definition) is 0. The minimum atomic E-state index is -2.62. The van der Waals surface area contributed by atoms with Crippen LogP contribution >= 0.6 is 0 Å². The Morgan fingerprint density at radius 2 is 2.36 bits per heavy atom. The van der Waals surface area contributed by atoms with Crippen LogP contribution in [-0.2, 0) is 4.74 Å². The van der Waals surface area contributed by atoms with E-state index in [1.54, 1.807) is 0 Å². The van der Waals surface area contributed by atoms with Gasteiger partial charge in [-0.25, -0.2) is 0 Å². The molecule has 0 aromatic carbocycles. The van der Waals surface area contributed by atoms with Crippen LogP contribution in [0.3, 0.4) is 0 Å². The van der Waals surface area contributed by atoms with Crippen LogP contribution in [0.1, 0.15) is 12.8 Å². The van der Waals surface area contributed by atoms with Gasteiger partial charge in [0.25, 0.3) is 0 Å². The number of rotatable bonds is 3. The zero-order chi connectivity index (χ0) is 8.27. The van der Waals surface area contributed by atoms with Gasteiger partial charge in [-0.2, -0.15) is 8.78 Å². The van der Waals surface area contributed by atoms with Crippen molar-refractivity contribution < 1.29 is 13.5 Å². The van der Waals surface area contributed by atoms with Crippen LogP contribution in [0.25, 0.3) is 0 Å². The summed E-state index contributed by atoms with van der Waals surface area (Å²) in [6, 6.07) is 0.198. The molecule has 4 heteroatoms. The Hall–Kier alpha value is -0.220. The molecule has 0 saturated carbocycles. The SMILES string of the molecule is CN1CCCC1COC(F)F. The second-order valence-electron chi connectivity index (χ2n) is 2.87. The van der Waals surface area contributed by atoms with Crippen molar-refractivity contribution in [2.75, 3.05) is 20.2 Å². The van der Waals surface area contributed by atoms with Crippen LogP contribution < -0.4 is 0 Å². The van der Waals surface area contributed by atoms with Gasteiger partial charge >= 0.3 is 6.61 Å². The van der Waals surface area contributed by atoms with E-state index in [1.807, 2.05) is 7.05 Å². The summed E-state index contributed by atoms with van der Waals surface area (Å²) >= 11 is 0. The predicted molar refractivity (Wildman–Crippen MR) is 37.6 cm³/mol. The molecule has 1 unspecified atom stereocenters. The van der Waals surface area contributed by atoms with E-state index >= 15 is 0 Å². The highest BCUT2D eigenvalue weighted by Gasteiger charge is 2.21. The van der Waals surface area contributed by atoms with E-state index in [0.29, 0.717) is 0 Å². The summed E-state index contributed by atoms with van der Waals surface area (Å²) in [4.78, 5) is 2.06. The number of nitrogens with zero attached hydrogens (tertiary/aromatic N) is 1. The number of halogens is 2. The van der Waals surface area contributed by atoms with E-state index in [9.17, 15) is 8.78 Å². The largest absolute Gasteiger partial charge is 0.345 e. The zero-order valence-corrected chi connectivity index (χ0v) is 6.59. The van der Waals surface area contributed by atoms with Crippen molar-refractivity contribution >= 4 is 0 Å². The van der Waals surface area contributed by atoms with Crippen LogP contribution in [-0.4, -0.2) is 37.8 Å². The molecule has 1 rings (SSSR count). The molecule has 0 aromatic rings. The quantitative estimate of drug-likeness (QED) is 0.625. The average Bonchev–Trinajstić information content (AvgIpc) is 2.31. The van der Waals surface area contributed by atoms with Gasteiger partial charge in [0.15, 0.2) is 0 Å². The number of likely N-dealkylation sites (tertiary alicyclic amines) is 1. The second kappa shape index (κ2) is 3.97. The second-order valence-corrected chi connectivity index (χ2v) is 2.87. The van der Waals surface area contributed by atoms with Crippen LogP contribution in [0.15, 0.2) is 0 Å². The third-order valence-corrected chi connectivity index (χ3v) is 2.09. The Bertz CT molecular complexity index is 121. The van der Waals surface area contributed by atoms with Gasteiger partial charge in [-0.05, 0) is 26.4 Å². The van der Waals surface area contributed by atoms with Gasteiger partial charge in [-0.3, -0.25) is 0 Å². The Labute approximate surface area is 65.1 Å². The first kappa shape index (κ1) is 8.87. The maximum atomic E-state index is 11.6. The van der Waals surface area contributed by atoms with Gasteiger partial charge in [0.1, 0.15) is 0 Å². The molecule has 0 aliphatic carbocycles. The van der Waals surface area contributed by atoms with Gasteiger partial charge in [0.05, 0.1) is 6.61 Å². The maximum Gasteiger partial charge on any atom is 0.345 e. The predicted octanol–water partition coefficient (Wildman–Crippen LogP) is 1.32. The first-order valence-corrected chi connectivity index (χ1v) is 3.80. The van der Waals surface area contributed by atoms with E-state index in [4.69, 9.17) is 0 Å². The van der Waals surface area contributed by atoms with Crippen molar-refractivity contribution in [1.29, 1.82) is 0 Å². The summed E-state index contributed by atoms with van der Waals surface area (Å²) in [7, 11) is 1.94. The van der Waals surface area contributed by atoms with Gasteiger partial charge < -0.3 is 9.64 Å². The molecule has 1 aliphatic heterocycles. The van der Waals surface area contributed by atoms with Crippen LogP contribution in [0, 0.1) is 0 Å². The molecule has 1 fully saturated rings. The van der Waals surface area contributed by atoms with Crippen molar-refractivity contribution in [2.45, 2.75) is 25.5 Å². The van der Waals surface area contributed by atoms with Crippen molar-refractivity contribution in [3.05, 3.63) is 0 Å². The van der Waals surface area contributed by atoms with Gasteiger partial charge in [0.2, 0.25) is 0 Å². The van der Waals surface area contributed by atoms with Gasteiger partial charge in [-0.1, -0.05) is 0 Å². The molecule has 0 bridgehead atoms. The molecule has 0 N–H and O–H groups in total. The van der Waals surface area contributed by atoms with Crippen LogP contribution in [0.5, 0.6) is 0 Å². The smallest absolute Gasteiger partial charge is 0.321 e. The van der Waals surface area contributed by atoms with E-state index in [-0.39, 0.29) is 12.6 Å². The monoisotopic (exact) mass is 165 g/mol. The summed E-state index contributed by atoms with van der Waals surface area (Å²) < 4.78 is 27.4. The minimum absolute atomic E-state index is 0.161. The summed E-state index contributed by atoms with van der Waals surface area (Å²) in [5.74, 6) is 0. The molecule has 0 radical (unpaired) electrons. The molecular weight excluding hydrogens is 152 g/mol. The van der Waals surface area contributed by atoms with Gasteiger partial charge in [0, 0.05) is 6.04 Å². The standard InChI is InChI=1S/C7H13F2NO/c1-10-4-2-3-6(10)5-11-7(8)9/h6-7H,2-5H2,1H3. The van der Waals surface area contributed by atoms with E-state index in [2.05, 4.69) is 9.64 Å². The summed E-state index contributed by atoms with van der Waals surface area (Å²) in [5.41, 5.74) is 0. The lowest BCUT2D eigenvalue weighted by atomic mass is 10.2. The molecular formula is C7H13F2NO. The van der Waals surface area contributed by atoms with Crippen LogP contribution in [0.4, 0.5) is 8.78 Å². The van der Waals surface area contributed by atoms with E-state index in [0.717, 1.165) is 19.4 Å². The molecule has 0 aromatic heterocycles. The number of ether oxygens (including phenoxy) is 1. The fourth-order valence-electron chi connectivity index (χ4n) is 1.37. The minimum Gasteiger partial charge on any atom is -0.321 e. The van der Waals surface area contributed by atoms with Crippen molar-refractivity contribution in [2.24, 2.45) is 0 Å². The molecule has 1 aliphatic rings. The molecule has 11 heavy (non-hydrogen) atoms. The van der Waals surface area contributed by atoms with Crippen molar-refractivity contribution in [1.82, 2.24) is 4.90 Å². The third kappa shape index (κ3) is 2.71. The third-order valence-electron chi connectivity index (χ3n) is 2.09. The molecule has 0 amide bonds. The fourth-order valence-corrected chi connectivity index (χ4v) is 1.37. The topological polar surface area (TPSA) is 12.5 Å². The number of hydrogen-bond acceptors (Lipinski definition) is 2. The Kier molecular flexibility index (Phi) is 3.20. The van der Waals surface area contributed by atoms with Crippen LogP contribution in [0.2, 0.25) is 0 Å². The highest BCUT2D eigenvalue weighted by atomic mass is 19.3. The van der Waals surface area contributed by atoms with Crippen molar-refractivity contribution in [3.63, 3.8) is 0 Å². The maximum absolute atomic E-state index is 11.6. The molecule has 1 saturated heterocycles. The first-order valence-electron chi connectivity index (χ1n) is 3.80. The lowest BCUT2D eigenvalue weighted by Crippen LogP contribution is -2.30. The molecule has 2 nitrogen and oxygen atoms in total. The normalized spacial score (nSPS) is 26.7. The van der Waals surface area contributed by atoms with Gasteiger partial charge in [-0.15, -0.1) is 0 Å².